The Labute approximate surface area is 231 Å². The second-order valence-electron chi connectivity index (χ2n) is 9.96. The first-order valence-electron chi connectivity index (χ1n) is 12.4. The van der Waals surface area contributed by atoms with E-state index in [1.165, 1.54) is 6.07 Å². The van der Waals surface area contributed by atoms with Crippen molar-refractivity contribution in [2.45, 2.75) is 45.4 Å². The number of carbonyl (C=O) groups is 2. The minimum Gasteiger partial charge on any atom is -0.331 e. The highest BCUT2D eigenvalue weighted by atomic mass is 35.5. The number of sulfonamides is 1. The lowest BCUT2D eigenvalue weighted by molar-refractivity contribution is 0.0605. The summed E-state index contributed by atoms with van der Waals surface area (Å²) in [5, 5.41) is 14.3. The van der Waals surface area contributed by atoms with E-state index in [1.54, 1.807) is 44.8 Å². The van der Waals surface area contributed by atoms with E-state index in [4.69, 9.17) is 16.7 Å². The van der Waals surface area contributed by atoms with Crippen molar-refractivity contribution >= 4 is 39.1 Å². The number of nitriles is 1. The van der Waals surface area contributed by atoms with E-state index in [1.807, 2.05) is 26.0 Å². The fraction of sp³-hybridized carbons (Fsp3) is 0.333. The SMILES string of the molecule is C[C@@H]1Cc2nn3c(c2CN1C(=O)c1ccc(Cl)c(C#N)c1)C(=O)N([C@H](C)c1cccc(NS(C)(=O)=O)c1)CC3. The molecule has 2 atom stereocenters. The number of amides is 2. The molecule has 3 heterocycles. The number of nitrogens with one attached hydrogen (secondary N) is 1. The van der Waals surface area contributed by atoms with Gasteiger partial charge in [-0.15, -0.1) is 0 Å². The predicted octanol–water partition coefficient (Wildman–Crippen LogP) is 3.58. The number of carbonyl (C=O) groups excluding carboxylic acids is 2. The Kier molecular flexibility index (Phi) is 6.86. The van der Waals surface area contributed by atoms with Crippen LogP contribution in [0.5, 0.6) is 0 Å². The molecular formula is C27H27ClN6O4S. The monoisotopic (exact) mass is 566 g/mol. The molecule has 0 fully saturated rings. The zero-order valence-corrected chi connectivity index (χ0v) is 23.3. The highest BCUT2D eigenvalue weighted by molar-refractivity contribution is 7.92. The maximum atomic E-state index is 13.8. The van der Waals surface area contributed by atoms with Gasteiger partial charge in [0.25, 0.3) is 11.8 Å². The van der Waals surface area contributed by atoms with Crippen molar-refractivity contribution in [2.75, 3.05) is 17.5 Å². The third-order valence-corrected chi connectivity index (χ3v) is 8.17. The van der Waals surface area contributed by atoms with Crippen LogP contribution < -0.4 is 4.72 Å². The van der Waals surface area contributed by atoms with Gasteiger partial charge in [-0.3, -0.25) is 19.0 Å². The van der Waals surface area contributed by atoms with Gasteiger partial charge in [-0.2, -0.15) is 10.4 Å². The van der Waals surface area contributed by atoms with Gasteiger partial charge in [0.15, 0.2) is 0 Å². The van der Waals surface area contributed by atoms with E-state index in [9.17, 15) is 23.3 Å². The van der Waals surface area contributed by atoms with Crippen molar-refractivity contribution in [2.24, 2.45) is 0 Å². The molecule has 202 valence electrons. The van der Waals surface area contributed by atoms with Gasteiger partial charge in [0.05, 0.1) is 41.7 Å². The third kappa shape index (κ3) is 5.10. The number of anilines is 1. The van der Waals surface area contributed by atoms with Crippen molar-refractivity contribution in [1.82, 2.24) is 19.6 Å². The zero-order valence-electron chi connectivity index (χ0n) is 21.7. The first-order chi connectivity index (χ1) is 18.5. The highest BCUT2D eigenvalue weighted by Gasteiger charge is 2.38. The Balaban J connectivity index is 1.42. The van der Waals surface area contributed by atoms with Crippen LogP contribution in [0.3, 0.4) is 0 Å². The fourth-order valence-corrected chi connectivity index (χ4v) is 5.96. The maximum absolute atomic E-state index is 13.8. The van der Waals surface area contributed by atoms with E-state index < -0.39 is 10.0 Å². The smallest absolute Gasteiger partial charge is 0.273 e. The molecule has 5 rings (SSSR count). The molecule has 1 N–H and O–H groups in total. The number of aromatic nitrogens is 2. The summed E-state index contributed by atoms with van der Waals surface area (Å²) in [4.78, 5) is 30.7. The number of hydrogen-bond donors (Lipinski definition) is 1. The molecule has 10 nitrogen and oxygen atoms in total. The molecule has 1 aromatic heterocycles. The molecule has 0 unspecified atom stereocenters. The molecule has 0 saturated carbocycles. The number of benzene rings is 2. The van der Waals surface area contributed by atoms with E-state index in [-0.39, 0.29) is 41.0 Å². The van der Waals surface area contributed by atoms with E-state index in [2.05, 4.69) is 4.72 Å². The lowest BCUT2D eigenvalue weighted by atomic mass is 9.97. The summed E-state index contributed by atoms with van der Waals surface area (Å²) in [5.41, 5.74) is 3.80. The van der Waals surface area contributed by atoms with E-state index in [0.29, 0.717) is 36.5 Å². The molecule has 39 heavy (non-hydrogen) atoms. The number of halogens is 1. The first kappa shape index (κ1) is 26.7. The highest BCUT2D eigenvalue weighted by Crippen LogP contribution is 2.33. The molecule has 2 aliphatic heterocycles. The van der Waals surface area contributed by atoms with Crippen LogP contribution in [0.4, 0.5) is 5.69 Å². The summed E-state index contributed by atoms with van der Waals surface area (Å²) in [5.74, 6) is -0.436. The van der Waals surface area contributed by atoms with Crippen LogP contribution in [-0.4, -0.2) is 58.7 Å². The van der Waals surface area contributed by atoms with Gasteiger partial charge >= 0.3 is 0 Å². The fourth-order valence-electron chi connectivity index (χ4n) is 5.24. The van der Waals surface area contributed by atoms with Crippen molar-refractivity contribution in [1.29, 1.82) is 5.26 Å². The molecule has 0 radical (unpaired) electrons. The van der Waals surface area contributed by atoms with Crippen LogP contribution in [-0.2, 0) is 29.5 Å². The topological polar surface area (TPSA) is 128 Å². The number of fused-ring (bicyclic) bond motifs is 3. The van der Waals surface area contributed by atoms with Crippen LogP contribution in [0.1, 0.15) is 63.1 Å². The van der Waals surface area contributed by atoms with Gasteiger partial charge in [-0.1, -0.05) is 23.7 Å². The lowest BCUT2D eigenvalue weighted by Gasteiger charge is -2.35. The molecular weight excluding hydrogens is 540 g/mol. The van der Waals surface area contributed by atoms with Gasteiger partial charge in [0.2, 0.25) is 10.0 Å². The molecule has 12 heteroatoms. The normalized spacial score (nSPS) is 17.7. The molecule has 2 amide bonds. The van der Waals surface area contributed by atoms with Crippen LogP contribution in [0.15, 0.2) is 42.5 Å². The molecule has 2 aromatic carbocycles. The maximum Gasteiger partial charge on any atom is 0.273 e. The van der Waals surface area contributed by atoms with Crippen molar-refractivity contribution in [3.05, 3.63) is 81.1 Å². The van der Waals surface area contributed by atoms with E-state index in [0.717, 1.165) is 23.1 Å². The van der Waals surface area contributed by atoms with Gasteiger partial charge in [0.1, 0.15) is 11.8 Å². The summed E-state index contributed by atoms with van der Waals surface area (Å²) >= 11 is 6.05. The molecule has 0 aliphatic carbocycles. The van der Waals surface area contributed by atoms with Gasteiger partial charge in [-0.05, 0) is 49.7 Å². The minimum atomic E-state index is -3.44. The largest absolute Gasteiger partial charge is 0.331 e. The van der Waals surface area contributed by atoms with Crippen LogP contribution in [0, 0.1) is 11.3 Å². The Morgan fingerprint density at radius 1 is 1.23 bits per heavy atom. The van der Waals surface area contributed by atoms with Crippen molar-refractivity contribution < 1.29 is 18.0 Å². The molecule has 0 bridgehead atoms. The molecule has 0 saturated heterocycles. The molecule has 2 aliphatic rings. The van der Waals surface area contributed by atoms with Gasteiger partial charge in [0, 0.05) is 35.8 Å². The van der Waals surface area contributed by atoms with Crippen LogP contribution >= 0.6 is 11.6 Å². The quantitative estimate of drug-likeness (QED) is 0.502. The van der Waals surface area contributed by atoms with Gasteiger partial charge < -0.3 is 9.80 Å². The van der Waals surface area contributed by atoms with Crippen molar-refractivity contribution in [3.8, 4) is 6.07 Å². The van der Waals surface area contributed by atoms with E-state index >= 15 is 0 Å². The number of nitrogens with zero attached hydrogens (tertiary/aromatic N) is 5. The Morgan fingerprint density at radius 3 is 2.72 bits per heavy atom. The third-order valence-electron chi connectivity index (χ3n) is 7.23. The summed E-state index contributed by atoms with van der Waals surface area (Å²) in [6.07, 6.45) is 1.59. The summed E-state index contributed by atoms with van der Waals surface area (Å²) < 4.78 is 27.6. The predicted molar refractivity (Wildman–Crippen MR) is 146 cm³/mol. The summed E-state index contributed by atoms with van der Waals surface area (Å²) in [6.45, 7) is 5.01. The first-order valence-corrected chi connectivity index (χ1v) is 14.7. The Bertz CT molecular complexity index is 1640. The Hall–Kier alpha value is -3.88. The van der Waals surface area contributed by atoms with Crippen LogP contribution in [0.2, 0.25) is 5.02 Å². The summed E-state index contributed by atoms with van der Waals surface area (Å²) in [6, 6.07) is 13.2. The standard InChI is InChI=1S/C27H27ClN6O4S/c1-16-11-24-22(15-33(16)26(35)19-7-8-23(28)20(12-19)14-29)25-27(36)32(9-10-34(25)30-24)17(2)18-5-4-6-21(13-18)31-39(3,37)38/h4-8,12-13,16-17,31H,9-11,15H2,1-3H3/t16-,17-/m1/s1. The molecule has 3 aromatic rings. The lowest BCUT2D eigenvalue weighted by Crippen LogP contribution is -2.44. The second-order valence-corrected chi connectivity index (χ2v) is 12.1. The average molecular weight is 567 g/mol. The number of rotatable bonds is 5. The number of hydrogen-bond acceptors (Lipinski definition) is 6. The van der Waals surface area contributed by atoms with Crippen LogP contribution in [0.25, 0.3) is 0 Å². The summed E-state index contributed by atoms with van der Waals surface area (Å²) in [7, 11) is -3.44. The zero-order chi connectivity index (χ0) is 28.1. The second kappa shape index (κ2) is 10.0. The minimum absolute atomic E-state index is 0.154. The van der Waals surface area contributed by atoms with Gasteiger partial charge in [-0.25, -0.2) is 8.42 Å². The Morgan fingerprint density at radius 2 is 2.00 bits per heavy atom. The van der Waals surface area contributed by atoms with Crippen molar-refractivity contribution in [3.63, 3.8) is 0 Å². The average Bonchev–Trinajstić information content (AvgIpc) is 3.25. The molecule has 0 spiro atoms.